The van der Waals surface area contributed by atoms with E-state index >= 15 is 0 Å². The van der Waals surface area contributed by atoms with Gasteiger partial charge in [-0.15, -0.1) is 0 Å². The zero-order valence-corrected chi connectivity index (χ0v) is 19.5. The Morgan fingerprint density at radius 3 is 2.81 bits per heavy atom. The number of aromatic amines is 1. The summed E-state index contributed by atoms with van der Waals surface area (Å²) in [7, 11) is 1.64. The normalized spacial score (nSPS) is 18.7. The van der Waals surface area contributed by atoms with Crippen LogP contribution in [-0.4, -0.2) is 42.8 Å². The zero-order valence-electron chi connectivity index (χ0n) is 18.5. The van der Waals surface area contributed by atoms with Gasteiger partial charge in [-0.3, -0.25) is 4.79 Å². The predicted molar refractivity (Wildman–Crippen MR) is 112 cm³/mol. The van der Waals surface area contributed by atoms with E-state index in [1.54, 1.807) is 11.6 Å². The molecule has 4 N–H and O–H groups in total. The molecule has 156 valence electrons. The molecule has 10 heteroatoms. The van der Waals surface area contributed by atoms with E-state index in [2.05, 4.69) is 15.1 Å². The largest absolute Gasteiger partial charge is 1.00 e. The van der Waals surface area contributed by atoms with Crippen LogP contribution in [0.15, 0.2) is 30.6 Å². The van der Waals surface area contributed by atoms with E-state index < -0.39 is 5.97 Å². The number of imidazole rings is 1. The molecule has 0 amide bonds. The number of methoxy groups -OCH3 is 1. The van der Waals surface area contributed by atoms with Gasteiger partial charge < -0.3 is 22.0 Å². The van der Waals surface area contributed by atoms with Gasteiger partial charge in [0.05, 0.1) is 24.2 Å². The van der Waals surface area contributed by atoms with Gasteiger partial charge in [0.25, 0.3) is 0 Å². The van der Waals surface area contributed by atoms with Crippen LogP contribution in [0.5, 0.6) is 5.75 Å². The molecule has 0 unspecified atom stereocenters. The molecular weight excluding hydrogens is 407 g/mol. The number of aromatic nitrogens is 5. The summed E-state index contributed by atoms with van der Waals surface area (Å²) in [6.45, 7) is 0. The standard InChI is InChI=1S/C21H22N6O3.Na.H/c1-30-15-4-2-3-13-9-14(25-16(13)15)17-18-19(22)23-10-24-27(18)20(26-17)11-5-7-12(8-6-11)21(28)29;;/h2-4,9-12,25H,5-8H2,1H3,(H,28,29)(H2,22,23,24);;/q;+1;-1. The SMILES string of the molecule is COc1cccc2cc(-c3nc(C4CCC(C(=O)O)CC4)n4ncnc(N)c34)[nH]c12.[H-].[Na+]. The number of hydrogen-bond donors (Lipinski definition) is 3. The quantitative estimate of drug-likeness (QED) is 0.398. The number of rotatable bonds is 4. The van der Waals surface area contributed by atoms with E-state index in [1.165, 1.54) is 6.33 Å². The number of nitrogen functional groups attached to an aromatic ring is 1. The molecule has 1 aromatic carbocycles. The Morgan fingerprint density at radius 2 is 2.10 bits per heavy atom. The first-order chi connectivity index (χ1) is 14.6. The number of aliphatic carboxylic acids is 1. The van der Waals surface area contributed by atoms with Crippen molar-refractivity contribution in [2.75, 3.05) is 12.8 Å². The maximum atomic E-state index is 11.3. The molecule has 1 aliphatic rings. The van der Waals surface area contributed by atoms with Gasteiger partial charge in [-0.25, -0.2) is 14.5 Å². The van der Waals surface area contributed by atoms with Gasteiger partial charge in [-0.05, 0) is 37.8 Å². The fourth-order valence-corrected chi connectivity index (χ4v) is 4.45. The van der Waals surface area contributed by atoms with Crippen LogP contribution in [0, 0.1) is 5.92 Å². The number of H-pyrrole nitrogens is 1. The summed E-state index contributed by atoms with van der Waals surface area (Å²) in [5.74, 6) is 1.01. The minimum atomic E-state index is -0.722. The second-order valence-corrected chi connectivity index (χ2v) is 7.72. The number of nitrogens with two attached hydrogens (primary N) is 1. The van der Waals surface area contributed by atoms with Crippen molar-refractivity contribution in [3.8, 4) is 17.1 Å². The first-order valence-corrected chi connectivity index (χ1v) is 9.94. The molecular formula is C21H23N6NaO3. The summed E-state index contributed by atoms with van der Waals surface area (Å²) >= 11 is 0. The van der Waals surface area contributed by atoms with Crippen LogP contribution in [0.2, 0.25) is 0 Å². The third-order valence-electron chi connectivity index (χ3n) is 6.02. The number of carboxylic acid groups (broad SMARTS) is 1. The van der Waals surface area contributed by atoms with Crippen molar-refractivity contribution in [3.63, 3.8) is 0 Å². The average molecular weight is 430 g/mol. The summed E-state index contributed by atoms with van der Waals surface area (Å²) in [5, 5.41) is 14.7. The van der Waals surface area contributed by atoms with Crippen LogP contribution in [0.1, 0.15) is 38.9 Å². The Balaban J connectivity index is 0.00000144. The molecule has 0 atom stereocenters. The van der Waals surface area contributed by atoms with Gasteiger partial charge in [0.1, 0.15) is 29.1 Å². The van der Waals surface area contributed by atoms with Crippen molar-refractivity contribution in [1.82, 2.24) is 24.6 Å². The number of nitrogens with zero attached hydrogens (tertiary/aromatic N) is 4. The van der Waals surface area contributed by atoms with Crippen molar-refractivity contribution in [1.29, 1.82) is 0 Å². The van der Waals surface area contributed by atoms with Crippen molar-refractivity contribution in [2.24, 2.45) is 5.92 Å². The van der Waals surface area contributed by atoms with E-state index in [1.807, 2.05) is 24.3 Å². The van der Waals surface area contributed by atoms with E-state index in [9.17, 15) is 9.90 Å². The van der Waals surface area contributed by atoms with E-state index in [0.29, 0.717) is 29.9 Å². The summed E-state index contributed by atoms with van der Waals surface area (Å²) in [4.78, 5) is 23.8. The van der Waals surface area contributed by atoms with Crippen LogP contribution < -0.4 is 40.0 Å². The van der Waals surface area contributed by atoms with Crippen molar-refractivity contribution in [2.45, 2.75) is 31.6 Å². The maximum absolute atomic E-state index is 11.3. The first kappa shape index (κ1) is 21.6. The molecule has 0 radical (unpaired) electrons. The Hall–Kier alpha value is -2.62. The third-order valence-corrected chi connectivity index (χ3v) is 6.02. The van der Waals surface area contributed by atoms with E-state index in [4.69, 9.17) is 15.5 Å². The van der Waals surface area contributed by atoms with Crippen molar-refractivity contribution in [3.05, 3.63) is 36.4 Å². The fourth-order valence-electron chi connectivity index (χ4n) is 4.45. The summed E-state index contributed by atoms with van der Waals surface area (Å²) in [6.07, 6.45) is 4.19. The number of fused-ring (bicyclic) bond motifs is 2. The second kappa shape index (κ2) is 8.49. The molecule has 9 nitrogen and oxygen atoms in total. The number of para-hydroxylation sites is 1. The van der Waals surface area contributed by atoms with Gasteiger partial charge in [-0.2, -0.15) is 5.10 Å². The fraction of sp³-hybridized carbons (Fsp3) is 0.333. The molecule has 1 saturated carbocycles. The molecule has 0 spiro atoms. The second-order valence-electron chi connectivity index (χ2n) is 7.72. The first-order valence-electron chi connectivity index (χ1n) is 9.94. The predicted octanol–water partition coefficient (Wildman–Crippen LogP) is 0.338. The number of ether oxygens (including phenoxy) is 1. The number of nitrogens with one attached hydrogen (secondary N) is 1. The van der Waals surface area contributed by atoms with E-state index in [0.717, 1.165) is 41.0 Å². The molecule has 1 fully saturated rings. The molecule has 4 aromatic rings. The van der Waals surface area contributed by atoms with Crippen LogP contribution in [0.3, 0.4) is 0 Å². The van der Waals surface area contributed by atoms with Crippen LogP contribution >= 0.6 is 0 Å². The van der Waals surface area contributed by atoms with Crippen molar-refractivity contribution >= 4 is 28.2 Å². The maximum Gasteiger partial charge on any atom is 1.00 e. The minimum Gasteiger partial charge on any atom is -1.00 e. The average Bonchev–Trinajstić information content (AvgIpc) is 3.36. The molecule has 3 aromatic heterocycles. The number of anilines is 1. The Labute approximate surface area is 201 Å². The van der Waals surface area contributed by atoms with Gasteiger partial charge in [0, 0.05) is 11.3 Å². The summed E-state index contributed by atoms with van der Waals surface area (Å²) in [6, 6.07) is 7.85. The molecule has 5 rings (SSSR count). The molecule has 1 aliphatic carbocycles. The van der Waals surface area contributed by atoms with Gasteiger partial charge in [-0.1, -0.05) is 12.1 Å². The number of carbonyl (C=O) groups is 1. The van der Waals surface area contributed by atoms with Crippen molar-refractivity contribution < 1.29 is 45.6 Å². The summed E-state index contributed by atoms with van der Waals surface area (Å²) < 4.78 is 7.22. The minimum absolute atomic E-state index is 0. The Morgan fingerprint density at radius 1 is 1.32 bits per heavy atom. The number of benzene rings is 1. The number of carboxylic acids is 1. The van der Waals surface area contributed by atoms with Gasteiger partial charge >= 0.3 is 35.5 Å². The zero-order chi connectivity index (χ0) is 20.8. The topological polar surface area (TPSA) is 131 Å². The molecule has 0 bridgehead atoms. The third kappa shape index (κ3) is 3.66. The van der Waals surface area contributed by atoms with Crippen LogP contribution in [0.25, 0.3) is 27.8 Å². The van der Waals surface area contributed by atoms with Gasteiger partial charge in [0.2, 0.25) is 0 Å². The molecule has 0 aliphatic heterocycles. The Kier molecular flexibility index (Phi) is 5.92. The van der Waals surface area contributed by atoms with Crippen LogP contribution in [-0.2, 0) is 4.79 Å². The molecule has 0 saturated heterocycles. The number of hydrogen-bond acceptors (Lipinski definition) is 6. The van der Waals surface area contributed by atoms with Crippen LogP contribution in [0.4, 0.5) is 5.82 Å². The molecule has 3 heterocycles. The summed E-state index contributed by atoms with van der Waals surface area (Å²) in [5.41, 5.74) is 9.24. The smallest absolute Gasteiger partial charge is 1.00 e. The molecule has 31 heavy (non-hydrogen) atoms. The monoisotopic (exact) mass is 430 g/mol. The van der Waals surface area contributed by atoms with E-state index in [-0.39, 0.29) is 42.8 Å². The Bertz CT molecular complexity index is 1270. The van der Waals surface area contributed by atoms with Gasteiger partial charge in [0.15, 0.2) is 5.82 Å².